The van der Waals surface area contributed by atoms with Crippen LogP contribution in [0.15, 0.2) is 42.5 Å². The number of aryl methyl sites for hydroxylation is 2. The van der Waals surface area contributed by atoms with E-state index in [1.54, 1.807) is 30.3 Å². The Hall–Kier alpha value is -2.80. The lowest BCUT2D eigenvalue weighted by molar-refractivity contribution is -0.186. The van der Waals surface area contributed by atoms with Crippen molar-refractivity contribution in [2.24, 2.45) is 0 Å². The molecule has 158 valence electrons. The molecule has 0 fully saturated rings. The van der Waals surface area contributed by atoms with Crippen molar-refractivity contribution in [2.75, 3.05) is 7.11 Å². The van der Waals surface area contributed by atoms with Crippen LogP contribution in [0.25, 0.3) is 10.9 Å². The summed E-state index contributed by atoms with van der Waals surface area (Å²) in [5, 5.41) is 0.833. The van der Waals surface area contributed by atoms with Gasteiger partial charge in [-0.3, -0.25) is 4.79 Å². The minimum absolute atomic E-state index is 0.0733. The number of ether oxygens (including phenoxy) is 1. The van der Waals surface area contributed by atoms with Crippen LogP contribution in [0.2, 0.25) is 5.15 Å². The number of hydrogen-bond acceptors (Lipinski definition) is 3. The lowest BCUT2D eigenvalue weighted by Gasteiger charge is -2.24. The van der Waals surface area contributed by atoms with E-state index in [4.69, 9.17) is 16.3 Å². The molecule has 1 heterocycles. The first-order valence-corrected chi connectivity index (χ1v) is 9.51. The van der Waals surface area contributed by atoms with E-state index in [1.807, 2.05) is 26.0 Å². The molecular formula is C22H20ClF3N2O2. The van der Waals surface area contributed by atoms with Crippen LogP contribution >= 0.6 is 11.6 Å². The maximum atomic E-state index is 13.2. The molecule has 0 bridgehead atoms. The molecule has 8 heteroatoms. The van der Waals surface area contributed by atoms with Crippen LogP contribution in [0.5, 0.6) is 5.75 Å². The van der Waals surface area contributed by atoms with Crippen LogP contribution in [0.1, 0.15) is 22.3 Å². The summed E-state index contributed by atoms with van der Waals surface area (Å²) in [6.45, 7) is 3.26. The first-order valence-electron chi connectivity index (χ1n) is 9.14. The number of benzene rings is 2. The molecule has 0 spiro atoms. The number of fused-ring (bicyclic) bond motifs is 1. The topological polar surface area (TPSA) is 42.4 Å². The number of pyridine rings is 1. The van der Waals surface area contributed by atoms with E-state index in [2.05, 4.69) is 4.98 Å². The van der Waals surface area contributed by atoms with Crippen LogP contribution in [0.4, 0.5) is 13.2 Å². The number of halogens is 4. The Bertz CT molecular complexity index is 1080. The van der Waals surface area contributed by atoms with Crippen LogP contribution in [0.3, 0.4) is 0 Å². The fraction of sp³-hybridized carbons (Fsp3) is 0.273. The van der Waals surface area contributed by atoms with Gasteiger partial charge in [-0.1, -0.05) is 35.4 Å². The number of carbonyl (C=O) groups excluding carboxylic acids is 1. The Morgan fingerprint density at radius 1 is 1.10 bits per heavy atom. The Balaban J connectivity index is 1.97. The highest BCUT2D eigenvalue weighted by Crippen LogP contribution is 2.28. The van der Waals surface area contributed by atoms with Gasteiger partial charge >= 0.3 is 12.1 Å². The number of aromatic nitrogens is 1. The van der Waals surface area contributed by atoms with Gasteiger partial charge in [-0.25, -0.2) is 4.98 Å². The van der Waals surface area contributed by atoms with E-state index in [0.29, 0.717) is 22.4 Å². The van der Waals surface area contributed by atoms with E-state index in [0.717, 1.165) is 21.4 Å². The van der Waals surface area contributed by atoms with Crippen LogP contribution in [-0.2, 0) is 17.9 Å². The predicted octanol–water partition coefficient (Wildman–Crippen LogP) is 5.60. The Morgan fingerprint density at radius 3 is 2.37 bits per heavy atom. The van der Waals surface area contributed by atoms with Gasteiger partial charge in [-0.2, -0.15) is 13.2 Å². The molecule has 0 aliphatic carbocycles. The highest BCUT2D eigenvalue weighted by Gasteiger charge is 2.42. The molecule has 4 nitrogen and oxygen atoms in total. The van der Waals surface area contributed by atoms with Crippen LogP contribution < -0.4 is 4.74 Å². The van der Waals surface area contributed by atoms with Gasteiger partial charge in [0, 0.05) is 24.0 Å². The number of nitrogens with zero attached hydrogens (tertiary/aromatic N) is 2. The maximum absolute atomic E-state index is 13.2. The first-order chi connectivity index (χ1) is 14.1. The Morgan fingerprint density at radius 2 is 1.77 bits per heavy atom. The number of carbonyl (C=O) groups is 1. The maximum Gasteiger partial charge on any atom is 0.471 e. The molecule has 3 aromatic rings. The minimum Gasteiger partial charge on any atom is -0.497 e. The molecule has 3 rings (SSSR count). The average molecular weight is 437 g/mol. The van der Waals surface area contributed by atoms with E-state index in [9.17, 15) is 18.0 Å². The van der Waals surface area contributed by atoms with Crippen molar-refractivity contribution in [3.05, 3.63) is 69.9 Å². The van der Waals surface area contributed by atoms with Crippen LogP contribution in [-0.4, -0.2) is 29.1 Å². The third-order valence-corrected chi connectivity index (χ3v) is 5.03. The number of alkyl halides is 3. The second-order valence-corrected chi connectivity index (χ2v) is 7.46. The fourth-order valence-corrected chi connectivity index (χ4v) is 3.52. The SMILES string of the molecule is COc1ccc(CN(Cc2cc3cc(C)cc(C)c3nc2Cl)C(=O)C(F)(F)F)cc1. The van der Waals surface area contributed by atoms with Crippen molar-refractivity contribution in [1.82, 2.24) is 9.88 Å². The third kappa shape index (κ3) is 4.84. The molecule has 0 saturated heterocycles. The van der Waals surface area contributed by atoms with Gasteiger partial charge in [0.25, 0.3) is 0 Å². The zero-order chi connectivity index (χ0) is 22.1. The van der Waals surface area contributed by atoms with E-state index >= 15 is 0 Å². The molecule has 0 aliphatic heterocycles. The fourth-order valence-electron chi connectivity index (χ4n) is 3.32. The summed E-state index contributed by atoms with van der Waals surface area (Å²) in [7, 11) is 1.49. The van der Waals surface area contributed by atoms with Gasteiger partial charge in [0.05, 0.1) is 12.6 Å². The van der Waals surface area contributed by atoms with Crippen molar-refractivity contribution >= 4 is 28.4 Å². The lowest BCUT2D eigenvalue weighted by atomic mass is 10.1. The van der Waals surface area contributed by atoms with Gasteiger partial charge in [0.1, 0.15) is 10.9 Å². The summed E-state index contributed by atoms with van der Waals surface area (Å²) >= 11 is 6.27. The minimum atomic E-state index is -5.00. The largest absolute Gasteiger partial charge is 0.497 e. The van der Waals surface area contributed by atoms with Crippen molar-refractivity contribution in [3.63, 3.8) is 0 Å². The predicted molar refractivity (Wildman–Crippen MR) is 110 cm³/mol. The summed E-state index contributed by atoms with van der Waals surface area (Å²) in [4.78, 5) is 17.2. The van der Waals surface area contributed by atoms with Gasteiger partial charge in [-0.15, -0.1) is 0 Å². The Kier molecular flexibility index (Phi) is 6.22. The smallest absolute Gasteiger partial charge is 0.471 e. The highest BCUT2D eigenvalue weighted by molar-refractivity contribution is 6.30. The van der Waals surface area contributed by atoms with Crippen molar-refractivity contribution in [2.45, 2.75) is 33.1 Å². The van der Waals surface area contributed by atoms with Crippen molar-refractivity contribution in [1.29, 1.82) is 0 Å². The Labute approximate surface area is 177 Å². The summed E-state index contributed by atoms with van der Waals surface area (Å²) in [6, 6.07) is 12.0. The third-order valence-electron chi connectivity index (χ3n) is 4.70. The zero-order valence-corrected chi connectivity index (χ0v) is 17.4. The monoisotopic (exact) mass is 436 g/mol. The average Bonchev–Trinajstić information content (AvgIpc) is 2.68. The molecular weight excluding hydrogens is 417 g/mol. The molecule has 0 saturated carbocycles. The van der Waals surface area contributed by atoms with E-state index in [-0.39, 0.29) is 18.2 Å². The summed E-state index contributed by atoms with van der Waals surface area (Å²) < 4.78 is 44.7. The molecule has 1 aromatic heterocycles. The number of methoxy groups -OCH3 is 1. The number of rotatable bonds is 5. The van der Waals surface area contributed by atoms with Crippen LogP contribution in [0, 0.1) is 13.8 Å². The van der Waals surface area contributed by atoms with E-state index in [1.165, 1.54) is 7.11 Å². The van der Waals surface area contributed by atoms with Gasteiger partial charge < -0.3 is 9.64 Å². The summed E-state index contributed by atoms with van der Waals surface area (Å²) in [6.07, 6.45) is -5.00. The molecule has 0 atom stereocenters. The highest BCUT2D eigenvalue weighted by atomic mass is 35.5. The summed E-state index contributed by atoms with van der Waals surface area (Å²) in [5.74, 6) is -1.37. The molecule has 0 aliphatic rings. The molecule has 0 unspecified atom stereocenters. The molecule has 2 aromatic carbocycles. The molecule has 30 heavy (non-hydrogen) atoms. The number of amides is 1. The lowest BCUT2D eigenvalue weighted by Crippen LogP contribution is -2.40. The van der Waals surface area contributed by atoms with Gasteiger partial charge in [0.2, 0.25) is 0 Å². The first kappa shape index (κ1) is 21.9. The van der Waals surface area contributed by atoms with E-state index < -0.39 is 12.1 Å². The standard InChI is InChI=1S/C22H20ClF3N2O2/c1-13-8-14(2)19-16(9-13)10-17(20(23)27-19)12-28(21(29)22(24,25)26)11-15-4-6-18(30-3)7-5-15/h4-10H,11-12H2,1-3H3. The van der Waals surface area contributed by atoms with Crippen molar-refractivity contribution < 1.29 is 22.7 Å². The van der Waals surface area contributed by atoms with Gasteiger partial charge in [-0.05, 0) is 49.2 Å². The summed E-state index contributed by atoms with van der Waals surface area (Å²) in [5.41, 5.74) is 3.47. The number of hydrogen-bond donors (Lipinski definition) is 0. The quantitative estimate of drug-likeness (QED) is 0.488. The molecule has 0 radical (unpaired) electrons. The van der Waals surface area contributed by atoms with Gasteiger partial charge in [0.15, 0.2) is 0 Å². The molecule has 1 amide bonds. The normalized spacial score (nSPS) is 11.6. The van der Waals surface area contributed by atoms with Crippen molar-refractivity contribution in [3.8, 4) is 5.75 Å². The zero-order valence-electron chi connectivity index (χ0n) is 16.7. The molecule has 0 N–H and O–H groups in total. The second kappa shape index (κ2) is 8.52. The second-order valence-electron chi connectivity index (χ2n) is 7.10.